The maximum atomic E-state index is 12.4. The van der Waals surface area contributed by atoms with E-state index in [2.05, 4.69) is 14.8 Å². The summed E-state index contributed by atoms with van der Waals surface area (Å²) in [6, 6.07) is 1.42. The Bertz CT molecular complexity index is 592. The molecule has 0 N–H and O–H groups in total. The Morgan fingerprint density at radius 2 is 2.22 bits per heavy atom. The van der Waals surface area contributed by atoms with Crippen LogP contribution in [0.15, 0.2) is 18.5 Å². The molecule has 18 heavy (non-hydrogen) atoms. The standard InChI is InChI=1S/C10H8F3N3O2/c1-18-9(17)8-6-2-3-14-4-7(6)16(15-8)5-10(11,12)13/h2-4H,5H2,1H3. The second kappa shape index (κ2) is 4.28. The number of carbonyl (C=O) groups excluding carboxylic acids is 1. The van der Waals surface area contributed by atoms with Crippen LogP contribution in [-0.2, 0) is 11.3 Å². The Balaban J connectivity index is 2.58. The van der Waals surface area contributed by atoms with Gasteiger partial charge in [0, 0.05) is 11.6 Å². The molecular formula is C10H8F3N3O2. The molecule has 0 unspecified atom stereocenters. The summed E-state index contributed by atoms with van der Waals surface area (Å²) in [5, 5.41) is 3.91. The van der Waals surface area contributed by atoms with Crippen LogP contribution in [0.2, 0.25) is 0 Å². The lowest BCUT2D eigenvalue weighted by molar-refractivity contribution is -0.141. The van der Waals surface area contributed by atoms with Gasteiger partial charge in [0.15, 0.2) is 5.69 Å². The zero-order chi connectivity index (χ0) is 13.3. The summed E-state index contributed by atoms with van der Waals surface area (Å²) in [6.07, 6.45) is -1.84. The van der Waals surface area contributed by atoms with Crippen molar-refractivity contribution in [1.29, 1.82) is 0 Å². The molecule has 0 radical (unpaired) electrons. The number of nitrogens with zero attached hydrogens (tertiary/aromatic N) is 3. The van der Waals surface area contributed by atoms with Crippen molar-refractivity contribution in [2.24, 2.45) is 0 Å². The minimum atomic E-state index is -4.43. The van der Waals surface area contributed by atoms with E-state index in [0.29, 0.717) is 4.68 Å². The van der Waals surface area contributed by atoms with Crippen LogP contribution in [0, 0.1) is 0 Å². The fourth-order valence-electron chi connectivity index (χ4n) is 1.56. The average Bonchev–Trinajstić information content (AvgIpc) is 2.65. The summed E-state index contributed by atoms with van der Waals surface area (Å²) in [4.78, 5) is 15.1. The Labute approximate surface area is 99.2 Å². The smallest absolute Gasteiger partial charge is 0.408 e. The molecule has 0 fully saturated rings. The zero-order valence-corrected chi connectivity index (χ0v) is 9.23. The van der Waals surface area contributed by atoms with E-state index in [1.807, 2.05) is 0 Å². The van der Waals surface area contributed by atoms with Crippen molar-refractivity contribution in [1.82, 2.24) is 14.8 Å². The lowest BCUT2D eigenvalue weighted by Gasteiger charge is -2.06. The van der Waals surface area contributed by atoms with E-state index in [1.165, 1.54) is 18.5 Å². The summed E-state index contributed by atoms with van der Waals surface area (Å²) in [7, 11) is 1.14. The summed E-state index contributed by atoms with van der Waals surface area (Å²) >= 11 is 0. The summed E-state index contributed by atoms with van der Waals surface area (Å²) < 4.78 is 42.3. The van der Waals surface area contributed by atoms with Gasteiger partial charge in [-0.3, -0.25) is 9.67 Å². The molecule has 0 aliphatic rings. The number of hydrogen-bond acceptors (Lipinski definition) is 4. The molecule has 0 spiro atoms. The molecule has 0 aliphatic heterocycles. The molecule has 2 aromatic rings. The highest BCUT2D eigenvalue weighted by Crippen LogP contribution is 2.23. The van der Waals surface area contributed by atoms with Gasteiger partial charge in [0.1, 0.15) is 6.54 Å². The monoisotopic (exact) mass is 259 g/mol. The summed E-state index contributed by atoms with van der Waals surface area (Å²) in [6.45, 7) is -1.29. The van der Waals surface area contributed by atoms with Crippen molar-refractivity contribution in [2.75, 3.05) is 7.11 Å². The number of carbonyl (C=O) groups is 1. The number of esters is 1. The maximum Gasteiger partial charge on any atom is 0.408 e. The van der Waals surface area contributed by atoms with E-state index in [0.717, 1.165) is 7.11 Å². The van der Waals surface area contributed by atoms with Gasteiger partial charge < -0.3 is 4.74 Å². The topological polar surface area (TPSA) is 57.0 Å². The molecule has 2 rings (SSSR count). The zero-order valence-electron chi connectivity index (χ0n) is 9.23. The number of rotatable bonds is 2. The fraction of sp³-hybridized carbons (Fsp3) is 0.300. The van der Waals surface area contributed by atoms with Gasteiger partial charge in [0.05, 0.1) is 18.8 Å². The minimum Gasteiger partial charge on any atom is -0.464 e. The molecular weight excluding hydrogens is 251 g/mol. The lowest BCUT2D eigenvalue weighted by Crippen LogP contribution is -2.19. The quantitative estimate of drug-likeness (QED) is 0.771. The number of halogens is 3. The highest BCUT2D eigenvalue weighted by molar-refractivity contribution is 6.01. The highest BCUT2D eigenvalue weighted by atomic mass is 19.4. The van der Waals surface area contributed by atoms with Gasteiger partial charge in [-0.05, 0) is 6.07 Å². The van der Waals surface area contributed by atoms with Gasteiger partial charge in [-0.1, -0.05) is 0 Å². The molecule has 0 atom stereocenters. The second-order valence-electron chi connectivity index (χ2n) is 3.51. The van der Waals surface area contributed by atoms with Crippen LogP contribution in [0.1, 0.15) is 10.5 Å². The van der Waals surface area contributed by atoms with Crippen LogP contribution in [0.4, 0.5) is 13.2 Å². The van der Waals surface area contributed by atoms with Crippen LogP contribution >= 0.6 is 0 Å². The van der Waals surface area contributed by atoms with E-state index >= 15 is 0 Å². The maximum absolute atomic E-state index is 12.4. The number of methoxy groups -OCH3 is 1. The second-order valence-corrected chi connectivity index (χ2v) is 3.51. The first-order chi connectivity index (χ1) is 8.42. The van der Waals surface area contributed by atoms with E-state index < -0.39 is 18.7 Å². The van der Waals surface area contributed by atoms with Crippen molar-refractivity contribution in [3.63, 3.8) is 0 Å². The lowest BCUT2D eigenvalue weighted by atomic mass is 10.2. The third-order valence-corrected chi connectivity index (χ3v) is 2.26. The highest BCUT2D eigenvalue weighted by Gasteiger charge is 2.30. The van der Waals surface area contributed by atoms with Gasteiger partial charge in [-0.15, -0.1) is 0 Å². The van der Waals surface area contributed by atoms with Gasteiger partial charge in [-0.2, -0.15) is 18.3 Å². The average molecular weight is 259 g/mol. The summed E-state index contributed by atoms with van der Waals surface area (Å²) in [5.74, 6) is -0.785. The van der Waals surface area contributed by atoms with Crippen LogP contribution in [-0.4, -0.2) is 34.0 Å². The molecule has 96 valence electrons. The van der Waals surface area contributed by atoms with E-state index in [-0.39, 0.29) is 16.6 Å². The SMILES string of the molecule is COC(=O)c1nn(CC(F)(F)F)c2cnccc12. The minimum absolute atomic E-state index is 0.134. The van der Waals surface area contributed by atoms with Crippen LogP contribution in [0.25, 0.3) is 10.9 Å². The number of aromatic nitrogens is 3. The van der Waals surface area contributed by atoms with Crippen molar-refractivity contribution < 1.29 is 22.7 Å². The number of hydrogen-bond donors (Lipinski definition) is 0. The van der Waals surface area contributed by atoms with Gasteiger partial charge in [-0.25, -0.2) is 4.79 Å². The number of alkyl halides is 3. The molecule has 0 saturated heterocycles. The first kappa shape index (κ1) is 12.3. The van der Waals surface area contributed by atoms with Crippen LogP contribution in [0.3, 0.4) is 0 Å². The van der Waals surface area contributed by atoms with Crippen LogP contribution < -0.4 is 0 Å². The predicted octanol–water partition coefficient (Wildman–Crippen LogP) is 1.78. The Kier molecular flexibility index (Phi) is 2.93. The molecule has 2 aromatic heterocycles. The molecule has 0 bridgehead atoms. The van der Waals surface area contributed by atoms with Gasteiger partial charge >= 0.3 is 12.1 Å². The third kappa shape index (κ3) is 2.27. The van der Waals surface area contributed by atoms with Crippen LogP contribution in [0.5, 0.6) is 0 Å². The molecule has 2 heterocycles. The molecule has 0 amide bonds. The van der Waals surface area contributed by atoms with E-state index in [9.17, 15) is 18.0 Å². The number of pyridine rings is 1. The Hall–Kier alpha value is -2.12. The molecule has 0 saturated carbocycles. The van der Waals surface area contributed by atoms with E-state index in [4.69, 9.17) is 0 Å². The fourth-order valence-corrected chi connectivity index (χ4v) is 1.56. The summed E-state index contributed by atoms with van der Waals surface area (Å²) in [5.41, 5.74) is -0.0191. The normalized spacial score (nSPS) is 11.8. The third-order valence-electron chi connectivity index (χ3n) is 2.26. The van der Waals surface area contributed by atoms with Crippen molar-refractivity contribution in [2.45, 2.75) is 12.7 Å². The molecule has 8 heteroatoms. The Morgan fingerprint density at radius 1 is 1.50 bits per heavy atom. The number of fused-ring (bicyclic) bond motifs is 1. The van der Waals surface area contributed by atoms with Gasteiger partial charge in [0.25, 0.3) is 0 Å². The molecule has 0 aliphatic carbocycles. The van der Waals surface area contributed by atoms with Gasteiger partial charge in [0.2, 0.25) is 0 Å². The van der Waals surface area contributed by atoms with E-state index in [1.54, 1.807) is 0 Å². The largest absolute Gasteiger partial charge is 0.464 e. The Morgan fingerprint density at radius 3 is 2.83 bits per heavy atom. The van der Waals surface area contributed by atoms with Crippen molar-refractivity contribution >= 4 is 16.9 Å². The van der Waals surface area contributed by atoms with Crippen molar-refractivity contribution in [3.8, 4) is 0 Å². The molecule has 0 aromatic carbocycles. The number of ether oxygens (including phenoxy) is 1. The van der Waals surface area contributed by atoms with Crippen molar-refractivity contribution in [3.05, 3.63) is 24.2 Å². The predicted molar refractivity (Wildman–Crippen MR) is 54.9 cm³/mol. The first-order valence-electron chi connectivity index (χ1n) is 4.88. The first-order valence-corrected chi connectivity index (χ1v) is 4.88. The molecule has 5 nitrogen and oxygen atoms in total.